The number of nitrogens with two attached hydrogens (primary N) is 5. The Balaban J connectivity index is 0.000000188. The van der Waals surface area contributed by atoms with Gasteiger partial charge in [0.05, 0.1) is 6.85 Å². The summed E-state index contributed by atoms with van der Waals surface area (Å²) in [5.41, 5.74) is 35.3. The first-order valence-electron chi connectivity index (χ1n) is 44.4. The maximum absolute atomic E-state index is 12.4. The highest BCUT2D eigenvalue weighted by molar-refractivity contribution is 7.98. The number of aromatic hydroxyl groups is 1. The van der Waals surface area contributed by atoms with Crippen molar-refractivity contribution >= 4 is 94.2 Å². The van der Waals surface area contributed by atoms with Crippen molar-refractivity contribution in [2.45, 2.75) is 178 Å². The average Bonchev–Trinajstić information content (AvgIpc) is 1.60. The molecule has 25 atom stereocenters. The van der Waals surface area contributed by atoms with Crippen LogP contribution in [0.4, 0.5) is 29.1 Å². The van der Waals surface area contributed by atoms with Crippen molar-refractivity contribution in [2.75, 3.05) is 78.2 Å². The fourth-order valence-electron chi connectivity index (χ4n) is 13.4. The number of thioether (sulfide) groups is 1. The van der Waals surface area contributed by atoms with E-state index in [4.69, 9.17) is 109 Å². The van der Waals surface area contributed by atoms with Gasteiger partial charge in [-0.05, 0) is 96.5 Å². The molecule has 0 amide bonds. The van der Waals surface area contributed by atoms with E-state index in [1.165, 1.54) is 23.9 Å². The number of carbonyl (C=O) groups excluding carboxylic acids is 5. The Morgan fingerprint density at radius 1 is 0.397 bits per heavy atom. The smallest absolute Gasteiger partial charge is 0.351 e. The van der Waals surface area contributed by atoms with Crippen molar-refractivity contribution in [3.63, 3.8) is 0 Å². The molecule has 5 saturated heterocycles. The summed E-state index contributed by atoms with van der Waals surface area (Å²) in [6, 6.07) is 23.7. The molecule has 9 aromatic rings. The lowest BCUT2D eigenvalue weighted by Crippen LogP contribution is -2.39. The number of anilines is 5. The second kappa shape index (κ2) is 52.3. The van der Waals surface area contributed by atoms with Gasteiger partial charge in [-0.2, -0.15) is 49.3 Å². The van der Waals surface area contributed by atoms with Gasteiger partial charge in [0.25, 0.3) is 0 Å². The lowest BCUT2D eigenvalue weighted by atomic mass is 10.1. The predicted molar refractivity (Wildman–Crippen MR) is 485 cm³/mol. The molecule has 57 nitrogen and oxygen atoms in total. The number of aliphatic hydroxyl groups is 10. The number of rotatable bonds is 35. The van der Waals surface area contributed by atoms with Gasteiger partial charge in [0.15, 0.2) is 60.1 Å². The van der Waals surface area contributed by atoms with Crippen LogP contribution in [-0.4, -0.2) is 337 Å². The van der Waals surface area contributed by atoms with Crippen LogP contribution in [0.25, 0.3) is 10.9 Å². The summed E-state index contributed by atoms with van der Waals surface area (Å²) in [6.07, 6.45) is -26.0. The molecule has 0 aliphatic carbocycles. The van der Waals surface area contributed by atoms with Gasteiger partial charge in [-0.3, -0.25) is 100 Å². The molecule has 11 heterocycles. The van der Waals surface area contributed by atoms with E-state index in [9.17, 15) is 104 Å². The van der Waals surface area contributed by atoms with Crippen LogP contribution in [0.5, 0.6) is 5.75 Å². The quantitative estimate of drug-likeness (QED) is 0.00759. The summed E-state index contributed by atoms with van der Waals surface area (Å²) in [7, 11) is 0. The van der Waals surface area contributed by atoms with Crippen LogP contribution in [-0.2, 0) is 90.6 Å². The lowest BCUT2D eigenvalue weighted by Gasteiger charge is -2.17. The van der Waals surface area contributed by atoms with Crippen molar-refractivity contribution in [3.05, 3.63) is 215 Å². The molecule has 0 radical (unpaired) electrons. The molecular formula is C82H107N21O36S2. The first-order valence-corrected chi connectivity index (χ1v) is 44.0. The Morgan fingerprint density at radius 3 is 0.950 bits per heavy atom. The van der Waals surface area contributed by atoms with Crippen molar-refractivity contribution in [1.82, 2.24) is 52.7 Å². The highest BCUT2D eigenvalue weighted by Gasteiger charge is 2.50. The second-order valence-corrected chi connectivity index (χ2v) is 32.2. The maximum atomic E-state index is 12.4. The molecule has 5 aliphatic heterocycles. The van der Waals surface area contributed by atoms with Crippen LogP contribution in [0.1, 0.15) is 61.0 Å². The normalized spacial score (nSPS) is 28.4. The molecule has 0 bridgehead atoms. The zero-order valence-electron chi connectivity index (χ0n) is 78.7. The number of aromatic amines is 1. The molecule has 0 spiro atoms. The molecule has 768 valence electrons. The molecule has 0 unspecified atom stereocenters. The molecular weight excluding hydrogens is 1920 g/mol. The number of aromatic nitrogens is 11. The third-order valence-corrected chi connectivity index (χ3v) is 22.1. The predicted octanol–water partition coefficient (Wildman–Crippen LogP) is -7.73. The number of nitrogens with zero attached hydrogens (tertiary/aromatic N) is 10. The Bertz CT molecular complexity index is 6250. The Labute approximate surface area is 810 Å². The van der Waals surface area contributed by atoms with E-state index in [1.54, 1.807) is 45.7 Å². The number of fused-ring (bicyclic) bond motifs is 1. The molecule has 0 saturated carbocycles. The van der Waals surface area contributed by atoms with Gasteiger partial charge in [-0.15, -0.1) is 0 Å². The van der Waals surface area contributed by atoms with Gasteiger partial charge in [0.2, 0.25) is 0 Å². The van der Waals surface area contributed by atoms with Gasteiger partial charge in [-0.25, -0.2) is 24.0 Å². The first-order chi connectivity index (χ1) is 69.1. The number of para-hydroxylation sites is 1. The molecule has 5 fully saturated rings. The molecule has 5 aliphatic rings. The topological polar surface area (TPSA) is 882 Å². The second-order valence-electron chi connectivity index (χ2n) is 30.8. The molecule has 6 aromatic heterocycles. The maximum Gasteiger partial charge on any atom is 0.351 e. The minimum absolute atomic E-state index is 0.0459. The zero-order chi connectivity index (χ0) is 107. The van der Waals surface area contributed by atoms with E-state index >= 15 is 0 Å². The Hall–Kier alpha value is -12.6. The van der Waals surface area contributed by atoms with Crippen LogP contribution in [0.3, 0.4) is 0 Å². The van der Waals surface area contributed by atoms with Crippen molar-refractivity contribution in [3.8, 4) is 5.75 Å². The van der Waals surface area contributed by atoms with E-state index in [1.807, 2.05) is 60.9 Å². The Kier molecular flexibility index (Phi) is 38.1. The number of ether oxygens (including phenoxy) is 10. The SMILES string of the molecule is [2H][C@@]1(n2ccc(NO)nc2=O)O[C@H](COC(=O)[C@@H](N)CCSC)[C@@H](O)[C@H]1O.[2H][C@@]1(n2ccc(NO)nc2=O)O[C@H](COC(=O)[C@H](N)CS)[C@@H](O)[C@H]1O.[2H][C@@]1(n2ccc(NO)nc2=O)O[C@H](COC(=O)[C@H](N)Cc2c[nH]c3ccccc23)[C@@H](O)[C@H]1O.[2H][C@@]1(n2ccc(NO)nc2=O)O[C@H](COC(=O)[C@H](N)Cc2ccc(O)cc2)[C@@H](O)[C@H]1O.[2H][C@@]1(n2ccc(NO)nc2=O)O[C@H](COC(=O)[C@H](N)Cc2ccccc2)[C@@H](O)[C@H]1O. The molecule has 59 heteroatoms. The van der Waals surface area contributed by atoms with Gasteiger partial charge < -0.3 is 137 Å². The minimum atomic E-state index is -2.44. The molecule has 3 aromatic carbocycles. The molecule has 14 rings (SSSR count). The summed E-state index contributed by atoms with van der Waals surface area (Å²) in [5, 5.41) is 156. The van der Waals surface area contributed by atoms with Crippen LogP contribution >= 0.6 is 24.4 Å². The van der Waals surface area contributed by atoms with Crippen LogP contribution < -0.4 is 84.5 Å². The standard InChI is InChI=1S/C20H23N5O7.C18H22N4O8.C18H22N4O7.C14H22N4O7S.C12H18N4O7S/c21-12(7-10-8-22-13-4-2-1-3-11(10)13)19(28)31-9-14-16(26)17(27)18(32-14)25-6-5-15(24-30)23-20(25)29;19-11(7-9-1-3-10(23)4-2-9)17(26)29-8-12-14(24)15(25)16(30-12)22-6-5-13(21-28)20-18(22)27;19-11(8-10-4-2-1-3-5-10)17(25)28-9-12-14(23)15(24)16(29-12)22-7-6-13(21-27)20-18(22)26;1-26-5-3-7(15)13(21)24-6-8-10(19)11(20)12(25-8)18-4-2-9(17-23)16-14(18)22;13-5(4-24)11(19)22-3-6-8(17)9(18)10(23-6)16-2-1-7(15-21)14-12(16)20/h1-6,8,12,14,16-18,22,26-27,30H,7,9,21H2,(H,23,24,29);1-6,11-12,14-16,23-25,28H,7-8,19H2,(H,20,21,27);1-7,11-12,14-16,23-24,27H,8-9,19H2,(H,20,21,26);2,4,7-8,10-12,19-20,23H,3,5-6,15H2,1H3,(H,16,17,22);1-2,5-6,8-10,17-18,21,24H,3-4,13H2,(H,14,15,20)/t12-,14-,16-,17-,18-;2*11-,12-,14-,15-,16-;7-,8+,10+,11+,12+;5-,6-,8-,9-,10-/m11101/s1/i18D;2*16D;12D;10D. The number of phenols is 1. The summed E-state index contributed by atoms with van der Waals surface area (Å²) in [5.74, 6) is -3.91. The number of benzene rings is 3. The van der Waals surface area contributed by atoms with Crippen LogP contribution in [0, 0.1) is 0 Å². The van der Waals surface area contributed by atoms with Crippen molar-refractivity contribution < 1.29 is 160 Å². The van der Waals surface area contributed by atoms with Gasteiger partial charge in [0.1, 0.15) is 161 Å². The number of thiol groups is 1. The Morgan fingerprint density at radius 2 is 0.667 bits per heavy atom. The number of hydrogen-bond donors (Lipinski definition) is 28. The third-order valence-electron chi connectivity index (χ3n) is 21.0. The van der Waals surface area contributed by atoms with Gasteiger partial charge in [0, 0.05) is 60.3 Å². The number of H-pyrrole nitrogens is 1. The van der Waals surface area contributed by atoms with Gasteiger partial charge >= 0.3 is 58.3 Å². The summed E-state index contributed by atoms with van der Waals surface area (Å²) < 4.78 is 96.4. The zero-order valence-corrected chi connectivity index (χ0v) is 75.4. The summed E-state index contributed by atoms with van der Waals surface area (Å²) in [6.45, 7) is -2.46. The number of nitrogens with one attached hydrogen (secondary N) is 6. The fraction of sp³-hybridized carbons (Fsp3) is 0.451. The summed E-state index contributed by atoms with van der Waals surface area (Å²) in [4.78, 5) is 141. The monoisotopic (exact) mass is 2030 g/mol. The van der Waals surface area contributed by atoms with Crippen molar-refractivity contribution in [2.24, 2.45) is 28.7 Å². The largest absolute Gasteiger partial charge is 0.508 e. The molecule has 32 N–H and O–H groups in total. The van der Waals surface area contributed by atoms with E-state index in [0.717, 1.165) is 83.3 Å². The lowest BCUT2D eigenvalue weighted by molar-refractivity contribution is -0.152. The van der Waals surface area contributed by atoms with Crippen molar-refractivity contribution in [1.29, 1.82) is 0 Å². The van der Waals surface area contributed by atoms with Crippen LogP contribution in [0.2, 0.25) is 0 Å². The number of esters is 5. The molecule has 141 heavy (non-hydrogen) atoms. The van der Waals surface area contributed by atoms with E-state index in [-0.39, 0.29) is 59.9 Å². The van der Waals surface area contributed by atoms with E-state index < -0.39 is 244 Å². The van der Waals surface area contributed by atoms with Crippen LogP contribution in [0.15, 0.2) is 170 Å². The minimum Gasteiger partial charge on any atom is -0.508 e. The number of hydrogen-bond acceptors (Lipinski definition) is 53. The van der Waals surface area contributed by atoms with E-state index in [0.29, 0.717) is 40.6 Å². The third kappa shape index (κ3) is 28.9. The average molecular weight is 2030 g/mol. The number of phenolic OH excluding ortho intramolecular Hbond substituents is 1. The van der Waals surface area contributed by atoms with E-state index in [2.05, 4.69) is 42.5 Å². The summed E-state index contributed by atoms with van der Waals surface area (Å²) >= 11 is 5.37. The number of carbonyl (C=O) groups is 5. The highest BCUT2D eigenvalue weighted by Crippen LogP contribution is 2.35. The first kappa shape index (κ1) is 103. The number of aliphatic hydroxyl groups excluding tert-OH is 10. The fourth-order valence-corrected chi connectivity index (χ4v) is 14.0. The van der Waals surface area contributed by atoms with Gasteiger partial charge in [-0.1, -0.05) is 60.7 Å². The highest BCUT2D eigenvalue weighted by atomic mass is 32.2.